The zero-order valence-electron chi connectivity index (χ0n) is 10.7. The lowest BCUT2D eigenvalue weighted by Gasteiger charge is -2.04. The van der Waals surface area contributed by atoms with Gasteiger partial charge in [0.1, 0.15) is 0 Å². The summed E-state index contributed by atoms with van der Waals surface area (Å²) in [6.45, 7) is 1.52. The van der Waals surface area contributed by atoms with Crippen LogP contribution in [0.2, 0.25) is 0 Å². The van der Waals surface area contributed by atoms with Crippen LogP contribution in [0, 0.1) is 6.07 Å². The van der Waals surface area contributed by atoms with Gasteiger partial charge in [-0.25, -0.2) is 8.42 Å². The first kappa shape index (κ1) is 13.5. The molecule has 0 heterocycles. The van der Waals surface area contributed by atoms with E-state index in [2.05, 4.69) is 6.07 Å². The Labute approximate surface area is 112 Å². The van der Waals surface area contributed by atoms with Gasteiger partial charge in [0.25, 0.3) is 0 Å². The first-order valence-electron chi connectivity index (χ1n) is 5.71. The highest BCUT2D eigenvalue weighted by Crippen LogP contribution is 2.21. The van der Waals surface area contributed by atoms with Crippen molar-refractivity contribution < 1.29 is 13.2 Å². The minimum absolute atomic E-state index is 0.0190. The number of sulfone groups is 1. The van der Waals surface area contributed by atoms with Gasteiger partial charge in [-0.1, -0.05) is 30.3 Å². The van der Waals surface area contributed by atoms with E-state index in [0.29, 0.717) is 5.56 Å². The topological polar surface area (TPSA) is 51.2 Å². The van der Waals surface area contributed by atoms with Crippen molar-refractivity contribution >= 4 is 15.6 Å². The van der Waals surface area contributed by atoms with E-state index in [-0.39, 0.29) is 10.7 Å². The fraction of sp³-hybridized carbons (Fsp3) is 0.133. The van der Waals surface area contributed by atoms with Gasteiger partial charge in [-0.15, -0.1) is 0 Å². The van der Waals surface area contributed by atoms with E-state index in [9.17, 15) is 13.2 Å². The number of ketones is 1. The van der Waals surface area contributed by atoms with Crippen molar-refractivity contribution in [3.05, 3.63) is 54.1 Å². The van der Waals surface area contributed by atoms with Crippen LogP contribution in [0.25, 0.3) is 11.1 Å². The number of carbonyl (C=O) groups is 1. The number of hydrogen-bond acceptors (Lipinski definition) is 3. The molecule has 0 N–H and O–H groups in total. The summed E-state index contributed by atoms with van der Waals surface area (Å²) in [6, 6.07) is 14.8. The van der Waals surface area contributed by atoms with Crippen LogP contribution < -0.4 is 0 Å². The molecule has 19 heavy (non-hydrogen) atoms. The summed E-state index contributed by atoms with van der Waals surface area (Å²) in [5.41, 5.74) is 2.43. The fourth-order valence-corrected chi connectivity index (χ4v) is 2.31. The lowest BCUT2D eigenvalue weighted by Crippen LogP contribution is -1.96. The Bertz CT molecular complexity index is 696. The Hall–Kier alpha value is -1.94. The molecule has 2 aromatic carbocycles. The molecular weight excluding hydrogens is 260 g/mol. The molecule has 0 saturated heterocycles. The molecular formula is C15H13O3S. The van der Waals surface area contributed by atoms with Gasteiger partial charge in [0.15, 0.2) is 15.6 Å². The second-order valence-corrected chi connectivity index (χ2v) is 6.33. The maximum Gasteiger partial charge on any atom is 0.176 e. The summed E-state index contributed by atoms with van der Waals surface area (Å²) >= 11 is 0. The van der Waals surface area contributed by atoms with Crippen LogP contribution in [-0.2, 0) is 9.84 Å². The predicted octanol–water partition coefficient (Wildman–Crippen LogP) is 2.76. The molecule has 0 aliphatic carbocycles. The highest BCUT2D eigenvalue weighted by Gasteiger charge is 2.07. The molecule has 0 saturated carbocycles. The minimum Gasteiger partial charge on any atom is -0.295 e. The van der Waals surface area contributed by atoms with E-state index in [4.69, 9.17) is 0 Å². The summed E-state index contributed by atoms with van der Waals surface area (Å²) in [5.74, 6) is 0.0190. The summed E-state index contributed by atoms with van der Waals surface area (Å²) in [4.78, 5) is 11.4. The molecule has 2 rings (SSSR count). The number of rotatable bonds is 3. The first-order valence-corrected chi connectivity index (χ1v) is 7.60. The molecule has 2 aromatic rings. The van der Waals surface area contributed by atoms with E-state index in [1.54, 1.807) is 24.3 Å². The van der Waals surface area contributed by atoms with E-state index in [1.807, 2.05) is 12.1 Å². The fourth-order valence-electron chi connectivity index (χ4n) is 1.72. The van der Waals surface area contributed by atoms with E-state index >= 15 is 0 Å². The van der Waals surface area contributed by atoms with Gasteiger partial charge in [-0.2, -0.15) is 0 Å². The molecule has 0 aliphatic rings. The summed E-state index contributed by atoms with van der Waals surface area (Å²) in [5, 5.41) is 0. The SMILES string of the molecule is CC(=O)c1ccc(-c2c[c]c(S(C)(=O)=O)cc2)cc1. The highest BCUT2D eigenvalue weighted by atomic mass is 32.2. The Balaban J connectivity index is 2.35. The molecule has 0 spiro atoms. The molecule has 0 amide bonds. The van der Waals surface area contributed by atoms with Crippen molar-refractivity contribution in [3.8, 4) is 11.1 Å². The average Bonchev–Trinajstić information content (AvgIpc) is 2.38. The molecule has 0 aromatic heterocycles. The predicted molar refractivity (Wildman–Crippen MR) is 73.8 cm³/mol. The normalized spacial score (nSPS) is 11.3. The number of Topliss-reactive ketones (excluding diaryl/α,β-unsaturated/α-hetero) is 1. The summed E-state index contributed by atoms with van der Waals surface area (Å²) in [7, 11) is -3.22. The van der Waals surface area contributed by atoms with Gasteiger partial charge in [-0.3, -0.25) is 4.79 Å². The lowest BCUT2D eigenvalue weighted by atomic mass is 10.0. The van der Waals surface area contributed by atoms with Gasteiger partial charge < -0.3 is 0 Å². The van der Waals surface area contributed by atoms with Gasteiger partial charge >= 0.3 is 0 Å². The smallest absolute Gasteiger partial charge is 0.176 e. The number of carbonyl (C=O) groups excluding carboxylic acids is 1. The van der Waals surface area contributed by atoms with Crippen molar-refractivity contribution in [2.24, 2.45) is 0 Å². The third-order valence-electron chi connectivity index (χ3n) is 2.81. The van der Waals surface area contributed by atoms with E-state index in [1.165, 1.54) is 13.0 Å². The Morgan fingerprint density at radius 1 is 1.00 bits per heavy atom. The number of hydrogen-bond donors (Lipinski definition) is 0. The molecule has 4 heteroatoms. The molecule has 1 radical (unpaired) electrons. The monoisotopic (exact) mass is 273 g/mol. The average molecular weight is 273 g/mol. The van der Waals surface area contributed by atoms with Crippen LogP contribution in [0.15, 0.2) is 47.4 Å². The lowest BCUT2D eigenvalue weighted by molar-refractivity contribution is 0.101. The van der Waals surface area contributed by atoms with Crippen molar-refractivity contribution in [1.82, 2.24) is 0 Å². The second kappa shape index (κ2) is 4.97. The second-order valence-electron chi connectivity index (χ2n) is 4.35. The molecule has 3 nitrogen and oxygen atoms in total. The van der Waals surface area contributed by atoms with Crippen LogP contribution in [0.5, 0.6) is 0 Å². The van der Waals surface area contributed by atoms with Gasteiger partial charge in [0.05, 0.1) is 4.90 Å². The van der Waals surface area contributed by atoms with Gasteiger partial charge in [0.2, 0.25) is 0 Å². The zero-order chi connectivity index (χ0) is 14.0. The molecule has 0 fully saturated rings. The molecule has 97 valence electrons. The minimum atomic E-state index is -3.22. The van der Waals surface area contributed by atoms with Crippen LogP contribution >= 0.6 is 0 Å². The van der Waals surface area contributed by atoms with Gasteiger partial charge in [0, 0.05) is 17.9 Å². The zero-order valence-corrected chi connectivity index (χ0v) is 11.5. The summed E-state index contributed by atoms with van der Waals surface area (Å²) < 4.78 is 22.7. The largest absolute Gasteiger partial charge is 0.295 e. The van der Waals surface area contributed by atoms with Crippen molar-refractivity contribution in [1.29, 1.82) is 0 Å². The Kier molecular flexibility index (Phi) is 3.53. The van der Waals surface area contributed by atoms with Crippen LogP contribution in [0.4, 0.5) is 0 Å². The molecule has 0 bridgehead atoms. The quantitative estimate of drug-likeness (QED) is 0.808. The van der Waals surface area contributed by atoms with Gasteiger partial charge in [-0.05, 0) is 30.2 Å². The molecule has 0 atom stereocenters. The van der Waals surface area contributed by atoms with E-state index < -0.39 is 9.84 Å². The maximum atomic E-state index is 11.3. The first-order chi connectivity index (χ1) is 8.88. The van der Waals surface area contributed by atoms with Crippen LogP contribution in [-0.4, -0.2) is 20.5 Å². The van der Waals surface area contributed by atoms with Crippen molar-refractivity contribution in [2.45, 2.75) is 11.8 Å². The van der Waals surface area contributed by atoms with Crippen molar-refractivity contribution in [3.63, 3.8) is 0 Å². The third kappa shape index (κ3) is 3.09. The Morgan fingerprint density at radius 3 is 2.00 bits per heavy atom. The van der Waals surface area contributed by atoms with Crippen LogP contribution in [0.1, 0.15) is 17.3 Å². The van der Waals surface area contributed by atoms with Crippen LogP contribution in [0.3, 0.4) is 0 Å². The third-order valence-corrected chi connectivity index (χ3v) is 3.86. The Morgan fingerprint density at radius 2 is 1.58 bits per heavy atom. The van der Waals surface area contributed by atoms with E-state index in [0.717, 1.165) is 17.4 Å². The maximum absolute atomic E-state index is 11.3. The van der Waals surface area contributed by atoms with Crippen molar-refractivity contribution in [2.75, 3.05) is 6.26 Å². The number of benzene rings is 2. The standard InChI is InChI=1S/C15H13O3S/c1-11(16)12-3-5-13(6-4-12)14-7-9-15(10-8-14)19(2,17)18/h3-9H,1-2H3. The summed E-state index contributed by atoms with van der Waals surface area (Å²) in [6.07, 6.45) is 1.15. The highest BCUT2D eigenvalue weighted by molar-refractivity contribution is 7.90. The molecule has 0 aliphatic heterocycles. The molecule has 0 unspecified atom stereocenters.